The van der Waals surface area contributed by atoms with Gasteiger partial charge < -0.3 is 15.5 Å². The standard InChI is InChI=1S/C36H37F3N8O/c1-5-46-22-29(19-41-46)42-33-7-6-15-47-30(20-40-34(33)47)13-11-25-17-26(9-8-24(25)2)35(48)43-28-12-10-27(32(18-28)36(37,38)39)21-45-16-14-31(23-45)44(3)4/h6-10,12,15,17-20,22,31,42H,5,14,16,21,23H2,1-4H3,(H,43,48)/t31-/m0/s1. The molecule has 12 heteroatoms. The number of benzene rings is 2. The van der Waals surface area contributed by atoms with Gasteiger partial charge in [0.25, 0.3) is 5.91 Å². The molecule has 48 heavy (non-hydrogen) atoms. The number of alkyl halides is 3. The summed E-state index contributed by atoms with van der Waals surface area (Å²) in [4.78, 5) is 21.9. The van der Waals surface area contributed by atoms with E-state index in [-0.39, 0.29) is 23.4 Å². The second-order valence-electron chi connectivity index (χ2n) is 12.2. The number of aromatic nitrogens is 4. The summed E-state index contributed by atoms with van der Waals surface area (Å²) in [7, 11) is 3.97. The number of anilines is 3. The molecule has 2 N–H and O–H groups in total. The molecule has 0 spiro atoms. The minimum absolute atomic E-state index is 0.0778. The van der Waals surface area contributed by atoms with Crippen molar-refractivity contribution in [1.29, 1.82) is 0 Å². The quantitative estimate of drug-likeness (QED) is 0.188. The number of likely N-dealkylation sites (tertiary alicyclic amines) is 1. The summed E-state index contributed by atoms with van der Waals surface area (Å²) < 4.78 is 46.1. The van der Waals surface area contributed by atoms with Gasteiger partial charge in [0.2, 0.25) is 0 Å². The third-order valence-corrected chi connectivity index (χ3v) is 8.64. The van der Waals surface area contributed by atoms with Gasteiger partial charge in [-0.3, -0.25) is 18.8 Å². The van der Waals surface area contributed by atoms with E-state index in [9.17, 15) is 18.0 Å². The average Bonchev–Trinajstić information content (AvgIpc) is 3.81. The maximum absolute atomic E-state index is 14.1. The third kappa shape index (κ3) is 7.22. The van der Waals surface area contributed by atoms with Gasteiger partial charge in [0.1, 0.15) is 5.69 Å². The molecule has 1 aliphatic rings. The second kappa shape index (κ2) is 13.5. The molecule has 1 aliphatic heterocycles. The molecule has 0 unspecified atom stereocenters. The molecule has 6 rings (SSSR count). The SMILES string of the molecule is CCn1cc(Nc2cccn3c(C#Cc4cc(C(=O)Nc5ccc(CN6CC[C@H](N(C)C)C6)c(C(F)(F)F)c5)ccc4C)cnc23)cn1. The Morgan fingerprint density at radius 3 is 2.65 bits per heavy atom. The highest BCUT2D eigenvalue weighted by molar-refractivity contribution is 6.04. The Hall–Kier alpha value is -5.12. The van der Waals surface area contributed by atoms with Crippen LogP contribution in [0.4, 0.5) is 30.2 Å². The molecule has 1 fully saturated rings. The Bertz CT molecular complexity index is 2020. The summed E-state index contributed by atoms with van der Waals surface area (Å²) >= 11 is 0. The molecule has 2 aromatic carbocycles. The second-order valence-corrected chi connectivity index (χ2v) is 12.2. The van der Waals surface area contributed by atoms with E-state index in [2.05, 4.69) is 37.5 Å². The molecular formula is C36H37F3N8O. The Balaban J connectivity index is 1.19. The molecule has 0 aliphatic carbocycles. The Morgan fingerprint density at radius 2 is 1.92 bits per heavy atom. The number of rotatable bonds is 8. The van der Waals surface area contributed by atoms with Crippen molar-refractivity contribution in [3.8, 4) is 11.8 Å². The van der Waals surface area contributed by atoms with E-state index >= 15 is 0 Å². The first-order valence-corrected chi connectivity index (χ1v) is 15.8. The number of hydrogen-bond acceptors (Lipinski definition) is 6. The van der Waals surface area contributed by atoms with E-state index in [0.717, 1.165) is 42.5 Å². The van der Waals surface area contributed by atoms with Gasteiger partial charge in [-0.15, -0.1) is 0 Å². The topological polar surface area (TPSA) is 82.7 Å². The zero-order chi connectivity index (χ0) is 34.0. The lowest BCUT2D eigenvalue weighted by atomic mass is 10.0. The number of fused-ring (bicyclic) bond motifs is 1. The van der Waals surface area contributed by atoms with Crippen molar-refractivity contribution in [2.45, 2.75) is 45.6 Å². The first kappa shape index (κ1) is 32.8. The van der Waals surface area contributed by atoms with Crippen molar-refractivity contribution in [3.63, 3.8) is 0 Å². The van der Waals surface area contributed by atoms with Crippen molar-refractivity contribution < 1.29 is 18.0 Å². The lowest BCUT2D eigenvalue weighted by Crippen LogP contribution is -2.31. The molecule has 4 heterocycles. The molecule has 0 radical (unpaired) electrons. The normalized spacial score (nSPS) is 15.1. The molecule has 1 amide bonds. The third-order valence-electron chi connectivity index (χ3n) is 8.64. The first-order chi connectivity index (χ1) is 23.0. The number of pyridine rings is 1. The van der Waals surface area contributed by atoms with Crippen LogP contribution in [0.3, 0.4) is 0 Å². The predicted molar refractivity (Wildman–Crippen MR) is 180 cm³/mol. The van der Waals surface area contributed by atoms with Crippen LogP contribution in [0, 0.1) is 18.8 Å². The monoisotopic (exact) mass is 654 g/mol. The van der Waals surface area contributed by atoms with Gasteiger partial charge >= 0.3 is 6.18 Å². The smallest absolute Gasteiger partial charge is 0.350 e. The van der Waals surface area contributed by atoms with E-state index in [1.807, 2.05) is 66.5 Å². The van der Waals surface area contributed by atoms with Crippen LogP contribution >= 0.6 is 0 Å². The first-order valence-electron chi connectivity index (χ1n) is 15.8. The van der Waals surface area contributed by atoms with E-state index in [4.69, 9.17) is 0 Å². The van der Waals surface area contributed by atoms with Gasteiger partial charge in [-0.25, -0.2) is 4.98 Å². The molecule has 0 saturated carbocycles. The van der Waals surface area contributed by atoms with Crippen LogP contribution in [0.2, 0.25) is 0 Å². The minimum atomic E-state index is -4.56. The molecule has 248 valence electrons. The maximum atomic E-state index is 14.1. The lowest BCUT2D eigenvalue weighted by Gasteiger charge is -2.22. The molecular weight excluding hydrogens is 617 g/mol. The molecule has 1 saturated heterocycles. The van der Waals surface area contributed by atoms with Crippen LogP contribution in [-0.4, -0.2) is 68.1 Å². The van der Waals surface area contributed by atoms with Gasteiger partial charge in [0.15, 0.2) is 5.65 Å². The summed E-state index contributed by atoms with van der Waals surface area (Å²) in [6.07, 6.45) is 3.57. The summed E-state index contributed by atoms with van der Waals surface area (Å²) in [5, 5.41) is 10.3. The van der Waals surface area contributed by atoms with Gasteiger partial charge in [0, 0.05) is 61.4 Å². The average molecular weight is 655 g/mol. The number of nitrogens with zero attached hydrogens (tertiary/aromatic N) is 6. The number of amides is 1. The number of likely N-dealkylation sites (N-methyl/N-ethyl adjacent to an activating group) is 1. The van der Waals surface area contributed by atoms with E-state index in [1.165, 1.54) is 12.1 Å². The fourth-order valence-electron chi connectivity index (χ4n) is 5.86. The van der Waals surface area contributed by atoms with Crippen LogP contribution in [-0.2, 0) is 19.3 Å². The number of carbonyl (C=O) groups is 1. The Labute approximate surface area is 277 Å². The van der Waals surface area contributed by atoms with Crippen molar-refractivity contribution in [1.82, 2.24) is 29.0 Å². The van der Waals surface area contributed by atoms with Crippen molar-refractivity contribution in [3.05, 3.63) is 107 Å². The van der Waals surface area contributed by atoms with Crippen LogP contribution in [0.5, 0.6) is 0 Å². The van der Waals surface area contributed by atoms with Crippen LogP contribution in [0.1, 0.15) is 51.7 Å². The molecule has 1 atom stereocenters. The minimum Gasteiger partial charge on any atom is -0.350 e. The molecule has 0 bridgehead atoms. The zero-order valence-electron chi connectivity index (χ0n) is 27.3. The molecule has 9 nitrogen and oxygen atoms in total. The highest BCUT2D eigenvalue weighted by Crippen LogP contribution is 2.35. The molecule has 3 aromatic heterocycles. The number of hydrogen-bond donors (Lipinski definition) is 2. The summed E-state index contributed by atoms with van der Waals surface area (Å²) in [5.74, 6) is 5.78. The van der Waals surface area contributed by atoms with Crippen molar-refractivity contribution in [2.75, 3.05) is 37.8 Å². The van der Waals surface area contributed by atoms with Crippen LogP contribution in [0.25, 0.3) is 5.65 Å². The van der Waals surface area contributed by atoms with E-state index in [0.29, 0.717) is 29.5 Å². The van der Waals surface area contributed by atoms with Crippen molar-refractivity contribution >= 4 is 28.6 Å². The van der Waals surface area contributed by atoms with Crippen molar-refractivity contribution in [2.24, 2.45) is 0 Å². The Kier molecular flexibility index (Phi) is 9.26. The number of carbonyl (C=O) groups excluding carboxylic acids is 1. The number of nitrogens with one attached hydrogen (secondary N) is 2. The largest absolute Gasteiger partial charge is 0.416 e. The summed E-state index contributed by atoms with van der Waals surface area (Å²) in [6.45, 7) is 6.31. The van der Waals surface area contributed by atoms with Crippen LogP contribution in [0.15, 0.2) is 73.3 Å². The fourth-order valence-corrected chi connectivity index (χ4v) is 5.86. The van der Waals surface area contributed by atoms with E-state index < -0.39 is 17.6 Å². The lowest BCUT2D eigenvalue weighted by molar-refractivity contribution is -0.138. The zero-order valence-corrected chi connectivity index (χ0v) is 27.3. The van der Waals surface area contributed by atoms with Gasteiger partial charge in [-0.05, 0) is 87.8 Å². The van der Waals surface area contributed by atoms with Gasteiger partial charge in [-0.1, -0.05) is 18.1 Å². The molecule has 5 aromatic rings. The maximum Gasteiger partial charge on any atom is 0.416 e. The highest BCUT2D eigenvalue weighted by atomic mass is 19.4. The summed E-state index contributed by atoms with van der Waals surface area (Å²) in [5.41, 5.74) is 4.26. The predicted octanol–water partition coefficient (Wildman–Crippen LogP) is 6.41. The number of aryl methyl sites for hydroxylation is 2. The van der Waals surface area contributed by atoms with Gasteiger partial charge in [0.05, 0.1) is 29.3 Å². The number of imidazole rings is 1. The van der Waals surface area contributed by atoms with Crippen LogP contribution < -0.4 is 10.6 Å². The van der Waals surface area contributed by atoms with E-state index in [1.54, 1.807) is 30.6 Å². The highest BCUT2D eigenvalue weighted by Gasteiger charge is 2.35. The van der Waals surface area contributed by atoms with Gasteiger partial charge in [-0.2, -0.15) is 18.3 Å². The summed E-state index contributed by atoms with van der Waals surface area (Å²) in [6, 6.07) is 13.2. The number of halogens is 3. The fraction of sp³-hybridized carbons (Fsp3) is 0.306. The Morgan fingerprint density at radius 1 is 1.08 bits per heavy atom.